The molecule has 3 rings (SSSR count). The number of hydrazone groups is 1. The summed E-state index contributed by atoms with van der Waals surface area (Å²) in [5.74, 6) is 0.779. The van der Waals surface area contributed by atoms with E-state index in [1.54, 1.807) is 37.4 Å². The van der Waals surface area contributed by atoms with Gasteiger partial charge in [0.25, 0.3) is 0 Å². The Hall–Kier alpha value is -3.67. The van der Waals surface area contributed by atoms with E-state index in [4.69, 9.17) is 25.8 Å². The summed E-state index contributed by atoms with van der Waals surface area (Å²) in [6.45, 7) is 4.48. The molecule has 0 fully saturated rings. The predicted molar refractivity (Wildman–Crippen MR) is 129 cm³/mol. The number of hydrogen-bond donors (Lipinski definition) is 1. The zero-order chi connectivity index (χ0) is 24.5. The third kappa shape index (κ3) is 6.44. The molecule has 0 atom stereocenters. The number of pyridine rings is 1. The lowest BCUT2D eigenvalue weighted by molar-refractivity contribution is 0.184. The van der Waals surface area contributed by atoms with Crippen LogP contribution in [0, 0.1) is 24.1 Å². The minimum Gasteiger partial charge on any atom is -0.490 e. The Morgan fingerprint density at radius 1 is 1.21 bits per heavy atom. The van der Waals surface area contributed by atoms with Crippen LogP contribution in [-0.4, -0.2) is 24.9 Å². The van der Waals surface area contributed by atoms with Crippen molar-refractivity contribution in [2.24, 2.45) is 5.10 Å². The van der Waals surface area contributed by atoms with Gasteiger partial charge in [-0.3, -0.25) is 5.43 Å². The van der Waals surface area contributed by atoms with Gasteiger partial charge in [0, 0.05) is 18.4 Å². The second kappa shape index (κ2) is 12.0. The predicted octanol–water partition coefficient (Wildman–Crippen LogP) is 5.62. The fraction of sp³-hybridized carbons (Fsp3) is 0.240. The number of hydrogen-bond acceptors (Lipinski definition) is 7. The number of nitrogens with zero attached hydrogens (tertiary/aromatic N) is 3. The molecule has 7 nitrogen and oxygen atoms in total. The molecule has 0 bridgehead atoms. The van der Waals surface area contributed by atoms with Gasteiger partial charge in [0.1, 0.15) is 24.1 Å². The van der Waals surface area contributed by atoms with Gasteiger partial charge >= 0.3 is 0 Å². The van der Waals surface area contributed by atoms with Crippen molar-refractivity contribution in [3.05, 3.63) is 81.3 Å². The number of aromatic nitrogens is 1. The molecule has 0 amide bonds. The molecule has 0 saturated carbocycles. The largest absolute Gasteiger partial charge is 0.490 e. The minimum atomic E-state index is -0.340. The van der Waals surface area contributed by atoms with Crippen LogP contribution in [0.3, 0.4) is 0 Å². The van der Waals surface area contributed by atoms with Crippen LogP contribution >= 0.6 is 11.6 Å². The first-order valence-electron chi connectivity index (χ1n) is 10.5. The number of ether oxygens (including phenoxy) is 3. The van der Waals surface area contributed by atoms with Gasteiger partial charge in [-0.25, -0.2) is 9.37 Å². The Bertz CT molecular complexity index is 1230. The fourth-order valence-corrected chi connectivity index (χ4v) is 3.51. The van der Waals surface area contributed by atoms with Gasteiger partial charge in [-0.15, -0.1) is 0 Å². The second-order valence-electron chi connectivity index (χ2n) is 7.24. The van der Waals surface area contributed by atoms with E-state index in [2.05, 4.69) is 21.6 Å². The molecule has 0 radical (unpaired) electrons. The van der Waals surface area contributed by atoms with Gasteiger partial charge in [-0.2, -0.15) is 10.4 Å². The van der Waals surface area contributed by atoms with Crippen molar-refractivity contribution in [1.82, 2.24) is 4.98 Å². The van der Waals surface area contributed by atoms with E-state index in [1.807, 2.05) is 13.8 Å². The van der Waals surface area contributed by atoms with E-state index in [0.717, 1.165) is 11.3 Å². The summed E-state index contributed by atoms with van der Waals surface area (Å²) >= 11 is 6.46. The molecular formula is C25H24ClFN4O3. The van der Waals surface area contributed by atoms with Crippen molar-refractivity contribution in [1.29, 1.82) is 5.26 Å². The monoisotopic (exact) mass is 482 g/mol. The lowest BCUT2D eigenvalue weighted by Gasteiger charge is -2.14. The van der Waals surface area contributed by atoms with E-state index in [1.165, 1.54) is 18.3 Å². The quantitative estimate of drug-likeness (QED) is 0.298. The van der Waals surface area contributed by atoms with Crippen LogP contribution in [0.1, 0.15) is 34.9 Å². The summed E-state index contributed by atoms with van der Waals surface area (Å²) in [5.41, 5.74) is 5.93. The first-order chi connectivity index (χ1) is 16.4. The Morgan fingerprint density at radius 3 is 2.74 bits per heavy atom. The van der Waals surface area contributed by atoms with Gasteiger partial charge in [0.15, 0.2) is 17.3 Å². The van der Waals surface area contributed by atoms with Crippen LogP contribution in [0.15, 0.2) is 47.6 Å². The van der Waals surface area contributed by atoms with Crippen LogP contribution < -0.4 is 14.9 Å². The van der Waals surface area contributed by atoms with E-state index >= 15 is 0 Å². The average molecular weight is 483 g/mol. The molecule has 2 aromatic carbocycles. The molecule has 34 heavy (non-hydrogen) atoms. The Balaban J connectivity index is 1.81. The number of halogens is 2. The molecule has 1 N–H and O–H groups in total. The van der Waals surface area contributed by atoms with Crippen LogP contribution in [0.25, 0.3) is 0 Å². The molecule has 9 heteroatoms. The van der Waals surface area contributed by atoms with Crippen molar-refractivity contribution >= 4 is 23.6 Å². The minimum absolute atomic E-state index is 0.131. The highest BCUT2D eigenvalue weighted by Gasteiger charge is 2.14. The molecule has 0 aliphatic rings. The summed E-state index contributed by atoms with van der Waals surface area (Å²) in [5, 5.41) is 14.1. The number of benzene rings is 2. The first kappa shape index (κ1) is 25.0. The van der Waals surface area contributed by atoms with Crippen LogP contribution in [0.4, 0.5) is 10.2 Å². The summed E-state index contributed by atoms with van der Waals surface area (Å²) in [6, 6.07) is 13.5. The first-order valence-corrected chi connectivity index (χ1v) is 10.8. The Morgan fingerprint density at radius 2 is 2.03 bits per heavy atom. The van der Waals surface area contributed by atoms with Crippen molar-refractivity contribution in [3.63, 3.8) is 0 Å². The van der Waals surface area contributed by atoms with Crippen molar-refractivity contribution in [2.75, 3.05) is 19.1 Å². The van der Waals surface area contributed by atoms with Gasteiger partial charge in [0.05, 0.1) is 24.5 Å². The maximum absolute atomic E-state index is 13.4. The second-order valence-corrected chi connectivity index (χ2v) is 7.65. The number of anilines is 1. The topological polar surface area (TPSA) is 88.8 Å². The number of nitrogens with one attached hydrogen (secondary N) is 1. The molecule has 0 spiro atoms. The fourth-order valence-electron chi connectivity index (χ4n) is 3.23. The number of methoxy groups -OCH3 is 1. The number of nitriles is 1. The summed E-state index contributed by atoms with van der Waals surface area (Å²) in [6.07, 6.45) is 1.53. The van der Waals surface area contributed by atoms with Gasteiger partial charge < -0.3 is 14.2 Å². The molecule has 1 aromatic heterocycles. The standard InChI is InChI=1S/C25H24ClFN4O3/c1-4-33-23-11-18(10-22(26)24(23)34-14-17-6-5-7-20(27)9-17)13-29-31-25-21(12-28)19(15-32-3)8-16(2)30-25/h5-11,13H,4,14-15H2,1-3H3,(H,30,31). The molecule has 0 unspecified atom stereocenters. The van der Waals surface area contributed by atoms with E-state index < -0.39 is 0 Å². The zero-order valence-corrected chi connectivity index (χ0v) is 19.8. The summed E-state index contributed by atoms with van der Waals surface area (Å²) in [7, 11) is 1.56. The molecule has 1 heterocycles. The molecule has 0 aliphatic carbocycles. The maximum Gasteiger partial charge on any atom is 0.180 e. The maximum atomic E-state index is 13.4. The average Bonchev–Trinajstić information content (AvgIpc) is 2.79. The van der Waals surface area contributed by atoms with Crippen LogP contribution in [0.2, 0.25) is 5.02 Å². The Kier molecular flexibility index (Phi) is 8.79. The van der Waals surface area contributed by atoms with Crippen LogP contribution in [-0.2, 0) is 18.0 Å². The van der Waals surface area contributed by atoms with Gasteiger partial charge in [-0.1, -0.05) is 23.7 Å². The van der Waals surface area contributed by atoms with Gasteiger partial charge in [-0.05, 0) is 55.3 Å². The molecular weight excluding hydrogens is 459 g/mol. The Labute approximate surface area is 202 Å². The highest BCUT2D eigenvalue weighted by atomic mass is 35.5. The molecule has 0 aliphatic heterocycles. The van der Waals surface area contributed by atoms with Crippen molar-refractivity contribution < 1.29 is 18.6 Å². The molecule has 3 aromatic rings. The van der Waals surface area contributed by atoms with Gasteiger partial charge in [0.2, 0.25) is 0 Å². The highest BCUT2D eigenvalue weighted by Crippen LogP contribution is 2.37. The van der Waals surface area contributed by atoms with E-state index in [-0.39, 0.29) is 19.0 Å². The highest BCUT2D eigenvalue weighted by molar-refractivity contribution is 6.32. The lowest BCUT2D eigenvalue weighted by atomic mass is 10.1. The normalized spacial score (nSPS) is 10.8. The van der Waals surface area contributed by atoms with E-state index in [9.17, 15) is 9.65 Å². The zero-order valence-electron chi connectivity index (χ0n) is 19.1. The van der Waals surface area contributed by atoms with Crippen LogP contribution in [0.5, 0.6) is 11.5 Å². The SMILES string of the molecule is CCOc1cc(C=NNc2nc(C)cc(COC)c2C#N)cc(Cl)c1OCc1cccc(F)c1. The lowest BCUT2D eigenvalue weighted by Crippen LogP contribution is -2.04. The molecule has 176 valence electrons. The molecule has 0 saturated heterocycles. The third-order valence-electron chi connectivity index (χ3n) is 4.63. The smallest absolute Gasteiger partial charge is 0.180 e. The van der Waals surface area contributed by atoms with Crippen molar-refractivity contribution in [3.8, 4) is 17.6 Å². The summed E-state index contributed by atoms with van der Waals surface area (Å²) in [4.78, 5) is 4.36. The van der Waals surface area contributed by atoms with Crippen molar-refractivity contribution in [2.45, 2.75) is 27.1 Å². The van der Waals surface area contributed by atoms with E-state index in [0.29, 0.717) is 45.6 Å². The summed E-state index contributed by atoms with van der Waals surface area (Å²) < 4.78 is 30.1. The third-order valence-corrected chi connectivity index (χ3v) is 4.91. The number of aryl methyl sites for hydroxylation is 1. The number of rotatable bonds is 10.